The molecule has 0 saturated carbocycles. The summed E-state index contributed by atoms with van der Waals surface area (Å²) in [7, 11) is -1.41. The van der Waals surface area contributed by atoms with Gasteiger partial charge >= 0.3 is 0 Å². The lowest BCUT2D eigenvalue weighted by atomic mass is 10.1. The Morgan fingerprint density at radius 3 is 2.41 bits per heavy atom. The fraction of sp³-hybridized carbons (Fsp3) is 0.263. The molecule has 142 valence electrons. The van der Waals surface area contributed by atoms with Gasteiger partial charge in [-0.15, -0.1) is 10.8 Å². The molecule has 0 bridgehead atoms. The Kier molecular flexibility index (Phi) is 4.98. The zero-order valence-corrected chi connectivity index (χ0v) is 15.8. The average Bonchev–Trinajstić information content (AvgIpc) is 2.73. The van der Waals surface area contributed by atoms with E-state index in [0.29, 0.717) is 18.1 Å². The van der Waals surface area contributed by atoms with Gasteiger partial charge in [-0.1, -0.05) is 18.2 Å². The number of morpholine rings is 1. The van der Waals surface area contributed by atoms with Crippen molar-refractivity contribution in [3.8, 4) is 11.1 Å². The van der Waals surface area contributed by atoms with Gasteiger partial charge in [0.15, 0.2) is 0 Å². The first-order valence-corrected chi connectivity index (χ1v) is 10.3. The van der Waals surface area contributed by atoms with E-state index in [1.165, 1.54) is 7.05 Å². The van der Waals surface area contributed by atoms with E-state index in [-0.39, 0.29) is 0 Å². The first-order chi connectivity index (χ1) is 13.1. The molecule has 1 fully saturated rings. The molecule has 27 heavy (non-hydrogen) atoms. The van der Waals surface area contributed by atoms with Crippen molar-refractivity contribution in [2.75, 3.05) is 38.3 Å². The molecule has 1 saturated heterocycles. The van der Waals surface area contributed by atoms with Crippen LogP contribution in [0.15, 0.2) is 53.6 Å². The van der Waals surface area contributed by atoms with Crippen molar-refractivity contribution >= 4 is 27.6 Å². The summed E-state index contributed by atoms with van der Waals surface area (Å²) in [5.41, 5.74) is 3.66. The molecular formula is C19H22N4O3S. The Morgan fingerprint density at radius 1 is 1.00 bits per heavy atom. The third kappa shape index (κ3) is 3.76. The standard InChI is InChI=1S/C19H22N4O3S/c1-20-27(24,25)16-5-2-14(3-6-16)15-4-7-17-18(12-15)22-19(13-21-17)23-8-10-26-11-9-23/h2-7,12-13,20,24-25H,8-11H2,1H3. The van der Waals surface area contributed by atoms with Crippen molar-refractivity contribution in [2.24, 2.45) is 0 Å². The highest BCUT2D eigenvalue weighted by atomic mass is 32.3. The maximum atomic E-state index is 9.95. The van der Waals surface area contributed by atoms with Crippen molar-refractivity contribution in [1.82, 2.24) is 14.7 Å². The van der Waals surface area contributed by atoms with Gasteiger partial charge in [-0.2, -0.15) is 0 Å². The van der Waals surface area contributed by atoms with Gasteiger partial charge in [0.2, 0.25) is 0 Å². The summed E-state index contributed by atoms with van der Waals surface area (Å²) in [4.78, 5) is 12.0. The largest absolute Gasteiger partial charge is 0.378 e. The van der Waals surface area contributed by atoms with Crippen LogP contribution in [0.2, 0.25) is 0 Å². The normalized spacial score (nSPS) is 15.9. The lowest BCUT2D eigenvalue weighted by Crippen LogP contribution is -2.36. The molecular weight excluding hydrogens is 364 g/mol. The smallest absolute Gasteiger partial charge is 0.148 e. The van der Waals surface area contributed by atoms with E-state index in [4.69, 9.17) is 9.72 Å². The lowest BCUT2D eigenvalue weighted by Gasteiger charge is -2.31. The Bertz CT molecular complexity index is 943. The fourth-order valence-corrected chi connectivity index (χ4v) is 3.83. The van der Waals surface area contributed by atoms with Crippen molar-refractivity contribution in [3.05, 3.63) is 48.7 Å². The summed E-state index contributed by atoms with van der Waals surface area (Å²) >= 11 is 0. The lowest BCUT2D eigenvalue weighted by molar-refractivity contribution is 0.122. The molecule has 3 aromatic rings. The van der Waals surface area contributed by atoms with E-state index in [2.05, 4.69) is 14.6 Å². The first kappa shape index (κ1) is 18.1. The van der Waals surface area contributed by atoms with Crippen LogP contribution >= 0.6 is 10.8 Å². The van der Waals surface area contributed by atoms with Gasteiger partial charge in [0, 0.05) is 20.1 Å². The molecule has 2 aromatic carbocycles. The zero-order valence-electron chi connectivity index (χ0n) is 15.0. The molecule has 4 rings (SSSR count). The third-order valence-electron chi connectivity index (χ3n) is 4.67. The number of nitrogens with one attached hydrogen (secondary N) is 1. The number of ether oxygens (including phenoxy) is 1. The van der Waals surface area contributed by atoms with E-state index < -0.39 is 10.8 Å². The quantitative estimate of drug-likeness (QED) is 0.633. The second-order valence-electron chi connectivity index (χ2n) is 6.31. The van der Waals surface area contributed by atoms with Crippen LogP contribution in [0.4, 0.5) is 5.82 Å². The van der Waals surface area contributed by atoms with Crippen molar-refractivity contribution < 1.29 is 13.8 Å². The number of nitrogens with zero attached hydrogens (tertiary/aromatic N) is 3. The highest BCUT2D eigenvalue weighted by Crippen LogP contribution is 2.43. The second-order valence-corrected chi connectivity index (χ2v) is 8.29. The number of rotatable bonds is 4. The number of aromatic nitrogens is 2. The zero-order chi connectivity index (χ0) is 18.9. The maximum absolute atomic E-state index is 9.95. The number of hydrogen-bond donors (Lipinski definition) is 3. The van der Waals surface area contributed by atoms with E-state index in [9.17, 15) is 9.11 Å². The number of hydrogen-bond acceptors (Lipinski definition) is 7. The minimum absolute atomic E-state index is 0.462. The van der Waals surface area contributed by atoms with Crippen molar-refractivity contribution in [1.29, 1.82) is 0 Å². The molecule has 3 N–H and O–H groups in total. The summed E-state index contributed by atoms with van der Waals surface area (Å²) in [5, 5.41) is 0. The van der Waals surface area contributed by atoms with Crippen LogP contribution in [-0.4, -0.2) is 52.4 Å². The highest BCUT2D eigenvalue weighted by molar-refractivity contribution is 8.22. The van der Waals surface area contributed by atoms with E-state index in [1.54, 1.807) is 12.1 Å². The molecule has 7 nitrogen and oxygen atoms in total. The van der Waals surface area contributed by atoms with Crippen LogP contribution in [-0.2, 0) is 4.74 Å². The number of benzene rings is 2. The van der Waals surface area contributed by atoms with Crippen LogP contribution in [0.3, 0.4) is 0 Å². The second kappa shape index (κ2) is 7.41. The van der Waals surface area contributed by atoms with Crippen molar-refractivity contribution in [3.63, 3.8) is 0 Å². The van der Waals surface area contributed by atoms with Gasteiger partial charge in [0.05, 0.1) is 35.3 Å². The van der Waals surface area contributed by atoms with Gasteiger partial charge < -0.3 is 9.64 Å². The molecule has 0 radical (unpaired) electrons. The number of fused-ring (bicyclic) bond motifs is 1. The SMILES string of the molecule is CNS(O)(O)c1ccc(-c2ccc3ncc(N4CCOCC4)nc3c2)cc1. The Labute approximate surface area is 159 Å². The fourth-order valence-electron chi connectivity index (χ4n) is 3.08. The van der Waals surface area contributed by atoms with E-state index >= 15 is 0 Å². The summed E-state index contributed by atoms with van der Waals surface area (Å²) in [5.74, 6) is 0.862. The van der Waals surface area contributed by atoms with Gasteiger partial charge in [-0.3, -0.25) is 14.1 Å². The van der Waals surface area contributed by atoms with E-state index in [0.717, 1.165) is 41.1 Å². The monoisotopic (exact) mass is 386 g/mol. The Balaban J connectivity index is 1.66. The third-order valence-corrected chi connectivity index (χ3v) is 6.16. The van der Waals surface area contributed by atoms with Crippen LogP contribution < -0.4 is 9.62 Å². The molecule has 1 aromatic heterocycles. The predicted octanol–water partition coefficient (Wildman–Crippen LogP) is 3.38. The van der Waals surface area contributed by atoms with Gasteiger partial charge in [-0.05, 0) is 35.4 Å². The molecule has 0 spiro atoms. The summed E-state index contributed by atoms with van der Waals surface area (Å²) < 4.78 is 27.8. The first-order valence-electron chi connectivity index (χ1n) is 8.73. The van der Waals surface area contributed by atoms with Crippen molar-refractivity contribution in [2.45, 2.75) is 4.90 Å². The van der Waals surface area contributed by atoms with Crippen LogP contribution in [0.5, 0.6) is 0 Å². The topological polar surface area (TPSA) is 90.7 Å². The molecule has 0 aliphatic carbocycles. The molecule has 0 atom stereocenters. The predicted molar refractivity (Wildman–Crippen MR) is 108 cm³/mol. The molecule has 0 unspecified atom stereocenters. The molecule has 1 aliphatic heterocycles. The summed E-state index contributed by atoms with van der Waals surface area (Å²) in [6.07, 6.45) is 1.81. The summed E-state index contributed by atoms with van der Waals surface area (Å²) in [6.45, 7) is 3.05. The Morgan fingerprint density at radius 2 is 1.70 bits per heavy atom. The van der Waals surface area contributed by atoms with Crippen LogP contribution in [0.1, 0.15) is 0 Å². The van der Waals surface area contributed by atoms with Gasteiger partial charge in [0.1, 0.15) is 5.82 Å². The average molecular weight is 386 g/mol. The van der Waals surface area contributed by atoms with Crippen LogP contribution in [0.25, 0.3) is 22.2 Å². The van der Waals surface area contributed by atoms with Crippen LogP contribution in [0, 0.1) is 0 Å². The Hall–Kier alpha value is -2.23. The molecule has 0 amide bonds. The van der Waals surface area contributed by atoms with Gasteiger partial charge in [0.25, 0.3) is 0 Å². The maximum Gasteiger partial charge on any atom is 0.148 e. The minimum Gasteiger partial charge on any atom is -0.378 e. The molecule has 8 heteroatoms. The molecule has 2 heterocycles. The number of anilines is 1. The summed E-state index contributed by atoms with van der Waals surface area (Å²) in [6, 6.07) is 13.2. The van der Waals surface area contributed by atoms with Gasteiger partial charge in [-0.25, -0.2) is 9.71 Å². The highest BCUT2D eigenvalue weighted by Gasteiger charge is 2.14. The molecule has 1 aliphatic rings. The minimum atomic E-state index is -2.94. The van der Waals surface area contributed by atoms with E-state index in [1.807, 2.05) is 36.5 Å².